The van der Waals surface area contributed by atoms with E-state index in [0.717, 1.165) is 27.6 Å². The molecule has 0 aliphatic rings. The number of hydrogen-bond donors (Lipinski definition) is 1. The van der Waals surface area contributed by atoms with Crippen LogP contribution in [0, 0.1) is 11.6 Å². The van der Waals surface area contributed by atoms with Crippen LogP contribution in [0.1, 0.15) is 34.8 Å². The number of amides is 1. The number of benzene rings is 3. The third kappa shape index (κ3) is 5.17. The number of aromatic nitrogens is 1. The van der Waals surface area contributed by atoms with Crippen LogP contribution in [0.2, 0.25) is 0 Å². The summed E-state index contributed by atoms with van der Waals surface area (Å²) in [6.07, 6.45) is 3.80. The van der Waals surface area contributed by atoms with Crippen LogP contribution in [-0.4, -0.2) is 10.5 Å². The van der Waals surface area contributed by atoms with E-state index in [2.05, 4.69) is 9.88 Å². The molecule has 1 atom stereocenters. The fourth-order valence-electron chi connectivity index (χ4n) is 4.43. The number of fused-ring (bicyclic) bond motifs is 1. The monoisotopic (exact) mass is 470 g/mol. The van der Waals surface area contributed by atoms with Gasteiger partial charge in [0.1, 0.15) is 17.4 Å². The molecule has 176 valence electrons. The second-order valence-electron chi connectivity index (χ2n) is 8.52. The van der Waals surface area contributed by atoms with Crippen molar-refractivity contribution in [2.45, 2.75) is 25.4 Å². The van der Waals surface area contributed by atoms with Crippen molar-refractivity contribution in [3.05, 3.63) is 131 Å². The molecule has 0 spiro atoms. The first-order chi connectivity index (χ1) is 17.1. The van der Waals surface area contributed by atoms with Gasteiger partial charge in [0.15, 0.2) is 0 Å². The van der Waals surface area contributed by atoms with Gasteiger partial charge in [0, 0.05) is 36.0 Å². The summed E-state index contributed by atoms with van der Waals surface area (Å²) in [5.41, 5.74) is 3.80. The fourth-order valence-corrected chi connectivity index (χ4v) is 4.43. The van der Waals surface area contributed by atoms with Crippen molar-refractivity contribution in [2.24, 2.45) is 0 Å². The van der Waals surface area contributed by atoms with E-state index in [-0.39, 0.29) is 29.9 Å². The minimum absolute atomic E-state index is 0.133. The molecule has 4 nitrogen and oxygen atoms in total. The molecule has 1 N–H and O–H groups in total. The third-order valence-electron chi connectivity index (χ3n) is 6.16. The van der Waals surface area contributed by atoms with E-state index in [4.69, 9.17) is 4.42 Å². The van der Waals surface area contributed by atoms with Gasteiger partial charge in [0.05, 0.1) is 12.8 Å². The molecule has 3 aromatic carbocycles. The number of halogens is 2. The van der Waals surface area contributed by atoms with Crippen molar-refractivity contribution in [3.63, 3.8) is 0 Å². The van der Waals surface area contributed by atoms with Crippen LogP contribution in [0.25, 0.3) is 10.9 Å². The summed E-state index contributed by atoms with van der Waals surface area (Å²) < 4.78 is 34.5. The van der Waals surface area contributed by atoms with Gasteiger partial charge >= 0.3 is 0 Å². The Morgan fingerprint density at radius 1 is 0.886 bits per heavy atom. The maximum absolute atomic E-state index is 13.7. The number of rotatable bonds is 8. The van der Waals surface area contributed by atoms with Crippen molar-refractivity contribution < 1.29 is 18.0 Å². The summed E-state index contributed by atoms with van der Waals surface area (Å²) in [6, 6.07) is 24.3. The molecule has 1 unspecified atom stereocenters. The van der Waals surface area contributed by atoms with Crippen LogP contribution < -0.4 is 5.32 Å². The Labute approximate surface area is 201 Å². The Hall–Kier alpha value is -4.19. The minimum atomic E-state index is -0.325. The highest BCUT2D eigenvalue weighted by atomic mass is 19.1. The van der Waals surface area contributed by atoms with Crippen LogP contribution in [-0.2, 0) is 17.9 Å². The lowest BCUT2D eigenvalue weighted by Crippen LogP contribution is -2.24. The highest BCUT2D eigenvalue weighted by molar-refractivity contribution is 5.86. The van der Waals surface area contributed by atoms with Crippen molar-refractivity contribution in [2.75, 3.05) is 0 Å². The molecule has 0 aliphatic heterocycles. The molecule has 0 saturated carbocycles. The van der Waals surface area contributed by atoms with E-state index in [1.807, 2.05) is 30.5 Å². The SMILES string of the molecule is O=C(CC(c1ccc(F)cc1)c1cn(Cc2ccc(F)cc2)c2ccccc12)NCc1ccco1. The average molecular weight is 471 g/mol. The van der Waals surface area contributed by atoms with E-state index in [1.54, 1.807) is 42.7 Å². The molecule has 5 rings (SSSR count). The molecule has 35 heavy (non-hydrogen) atoms. The van der Waals surface area contributed by atoms with Gasteiger partial charge in [-0.25, -0.2) is 8.78 Å². The number of nitrogens with one attached hydrogen (secondary N) is 1. The number of para-hydroxylation sites is 1. The molecule has 1 amide bonds. The molecule has 2 aromatic heterocycles. The normalized spacial score (nSPS) is 12.1. The van der Waals surface area contributed by atoms with Crippen molar-refractivity contribution in [1.82, 2.24) is 9.88 Å². The van der Waals surface area contributed by atoms with Crippen LogP contribution >= 0.6 is 0 Å². The lowest BCUT2D eigenvalue weighted by molar-refractivity contribution is -0.121. The summed E-state index contributed by atoms with van der Waals surface area (Å²) in [7, 11) is 0. The second-order valence-corrected chi connectivity index (χ2v) is 8.52. The van der Waals surface area contributed by atoms with Gasteiger partial charge < -0.3 is 14.3 Å². The molecule has 0 radical (unpaired) electrons. The number of carbonyl (C=O) groups is 1. The quantitative estimate of drug-likeness (QED) is 0.285. The molecule has 0 aliphatic carbocycles. The molecular weight excluding hydrogens is 446 g/mol. The minimum Gasteiger partial charge on any atom is -0.467 e. The first-order valence-electron chi connectivity index (χ1n) is 11.4. The predicted octanol–water partition coefficient (Wildman–Crippen LogP) is 6.40. The fraction of sp³-hybridized carbons (Fsp3) is 0.138. The lowest BCUT2D eigenvalue weighted by Gasteiger charge is -2.17. The summed E-state index contributed by atoms with van der Waals surface area (Å²) in [5, 5.41) is 3.93. The highest BCUT2D eigenvalue weighted by Gasteiger charge is 2.23. The van der Waals surface area contributed by atoms with Gasteiger partial charge in [0.2, 0.25) is 5.91 Å². The van der Waals surface area contributed by atoms with Crippen molar-refractivity contribution in [3.8, 4) is 0 Å². The van der Waals surface area contributed by atoms with Gasteiger partial charge in [-0.3, -0.25) is 4.79 Å². The predicted molar refractivity (Wildman–Crippen MR) is 131 cm³/mol. The Kier molecular flexibility index (Phi) is 6.44. The van der Waals surface area contributed by atoms with E-state index in [1.165, 1.54) is 24.3 Å². The van der Waals surface area contributed by atoms with Crippen LogP contribution in [0.15, 0.2) is 102 Å². The topological polar surface area (TPSA) is 47.2 Å². The van der Waals surface area contributed by atoms with Gasteiger partial charge in [0.25, 0.3) is 0 Å². The Balaban J connectivity index is 1.50. The van der Waals surface area contributed by atoms with E-state index in [9.17, 15) is 13.6 Å². The molecule has 2 heterocycles. The lowest BCUT2D eigenvalue weighted by atomic mass is 9.88. The zero-order chi connectivity index (χ0) is 24.2. The van der Waals surface area contributed by atoms with Gasteiger partial charge in [-0.2, -0.15) is 0 Å². The molecule has 5 aromatic rings. The molecular formula is C29H24F2N2O2. The highest BCUT2D eigenvalue weighted by Crippen LogP contribution is 2.35. The standard InChI is InChI=1S/C29H24F2N2O2/c30-22-11-7-20(8-12-22)18-33-19-27(25-5-1-2-6-28(25)33)26(21-9-13-23(31)14-10-21)16-29(34)32-17-24-4-3-15-35-24/h1-15,19,26H,16-18H2,(H,32,34). The number of carbonyl (C=O) groups excluding carboxylic acids is 1. The summed E-state index contributed by atoms with van der Waals surface area (Å²) in [5.74, 6) is -0.345. The smallest absolute Gasteiger partial charge is 0.221 e. The number of hydrogen-bond acceptors (Lipinski definition) is 2. The van der Waals surface area contributed by atoms with E-state index < -0.39 is 0 Å². The van der Waals surface area contributed by atoms with Gasteiger partial charge in [-0.05, 0) is 59.2 Å². The zero-order valence-corrected chi connectivity index (χ0v) is 19.0. The third-order valence-corrected chi connectivity index (χ3v) is 6.16. The molecule has 0 fully saturated rings. The first kappa shape index (κ1) is 22.6. The van der Waals surface area contributed by atoms with Crippen LogP contribution in [0.3, 0.4) is 0 Å². The van der Waals surface area contributed by atoms with E-state index in [0.29, 0.717) is 18.8 Å². The summed E-state index contributed by atoms with van der Waals surface area (Å²) >= 11 is 0. The van der Waals surface area contributed by atoms with Crippen molar-refractivity contribution >= 4 is 16.8 Å². The Morgan fingerprint density at radius 3 is 2.31 bits per heavy atom. The van der Waals surface area contributed by atoms with Crippen molar-refractivity contribution in [1.29, 1.82) is 0 Å². The maximum Gasteiger partial charge on any atom is 0.221 e. The van der Waals surface area contributed by atoms with Gasteiger partial charge in [-0.15, -0.1) is 0 Å². The van der Waals surface area contributed by atoms with E-state index >= 15 is 0 Å². The summed E-state index contributed by atoms with van der Waals surface area (Å²) in [4.78, 5) is 13.0. The van der Waals surface area contributed by atoms with Gasteiger partial charge in [-0.1, -0.05) is 42.5 Å². The first-order valence-corrected chi connectivity index (χ1v) is 11.4. The molecule has 6 heteroatoms. The second kappa shape index (κ2) is 9.97. The Bertz CT molecular complexity index is 1420. The molecule has 0 bridgehead atoms. The number of furan rings is 1. The maximum atomic E-state index is 13.7. The average Bonchev–Trinajstić information content (AvgIpc) is 3.52. The summed E-state index contributed by atoms with van der Waals surface area (Å²) in [6.45, 7) is 0.857. The zero-order valence-electron chi connectivity index (χ0n) is 19.0. The largest absolute Gasteiger partial charge is 0.467 e. The van der Waals surface area contributed by atoms with Crippen LogP contribution in [0.4, 0.5) is 8.78 Å². The van der Waals surface area contributed by atoms with Crippen LogP contribution in [0.5, 0.6) is 0 Å². The molecule has 0 saturated heterocycles. The Morgan fingerprint density at radius 2 is 1.60 bits per heavy atom. The number of nitrogens with zero attached hydrogens (tertiary/aromatic N) is 1.